The first-order valence-corrected chi connectivity index (χ1v) is 9.43. The van der Waals surface area contributed by atoms with E-state index in [2.05, 4.69) is 6.92 Å². The Balaban J connectivity index is 2.43. The number of hydrogen-bond acceptors (Lipinski definition) is 3. The Hall–Kier alpha value is -1.36. The Labute approximate surface area is 133 Å². The van der Waals surface area contributed by atoms with Crippen molar-refractivity contribution in [3.05, 3.63) is 29.8 Å². The number of piperidine rings is 1. The molecule has 1 heterocycles. The summed E-state index contributed by atoms with van der Waals surface area (Å²) in [6, 6.07) is 6.72. The fourth-order valence-corrected chi connectivity index (χ4v) is 4.11. The average molecular weight is 323 g/mol. The van der Waals surface area contributed by atoms with Crippen LogP contribution in [-0.2, 0) is 9.84 Å². The minimum absolute atomic E-state index is 0.151. The Kier molecular flexibility index (Phi) is 4.95. The predicted octanol–water partition coefficient (Wildman–Crippen LogP) is 3.13. The van der Waals surface area contributed by atoms with E-state index < -0.39 is 15.1 Å². The highest BCUT2D eigenvalue weighted by Gasteiger charge is 2.31. The third-order valence-electron chi connectivity index (χ3n) is 4.42. The van der Waals surface area contributed by atoms with Crippen LogP contribution in [0.3, 0.4) is 0 Å². The van der Waals surface area contributed by atoms with Crippen molar-refractivity contribution in [1.29, 1.82) is 0 Å². The van der Waals surface area contributed by atoms with E-state index in [4.69, 9.17) is 0 Å². The highest BCUT2D eigenvalue weighted by Crippen LogP contribution is 2.27. The second-order valence-corrected chi connectivity index (χ2v) is 9.05. The molecule has 0 unspecified atom stereocenters. The van der Waals surface area contributed by atoms with E-state index >= 15 is 0 Å². The van der Waals surface area contributed by atoms with E-state index in [-0.39, 0.29) is 16.8 Å². The molecular formula is C17H25NO3S. The maximum atomic E-state index is 12.9. The van der Waals surface area contributed by atoms with Crippen LogP contribution >= 0.6 is 0 Å². The number of carbonyl (C=O) groups excluding carboxylic acids is 1. The van der Waals surface area contributed by atoms with Gasteiger partial charge in [0.1, 0.15) is 0 Å². The number of carbonyl (C=O) groups is 1. The molecule has 1 aromatic rings. The van der Waals surface area contributed by atoms with Crippen molar-refractivity contribution in [1.82, 2.24) is 4.90 Å². The minimum atomic E-state index is -3.47. The number of likely N-dealkylation sites (tertiary alicyclic amines) is 1. The zero-order chi connectivity index (χ0) is 16.5. The lowest BCUT2D eigenvalue weighted by molar-refractivity contribution is 0.0570. The molecule has 0 bridgehead atoms. The number of benzene rings is 1. The van der Waals surface area contributed by atoms with E-state index in [0.29, 0.717) is 18.0 Å². The number of sulfone groups is 1. The van der Waals surface area contributed by atoms with Crippen LogP contribution in [0.2, 0.25) is 0 Å². The summed E-state index contributed by atoms with van der Waals surface area (Å²) in [5, 5.41) is -0.542. The van der Waals surface area contributed by atoms with Gasteiger partial charge in [0.2, 0.25) is 0 Å². The molecule has 0 aromatic heterocycles. The van der Waals surface area contributed by atoms with E-state index in [1.54, 1.807) is 38.1 Å². The molecule has 122 valence electrons. The quantitative estimate of drug-likeness (QED) is 0.859. The van der Waals surface area contributed by atoms with Gasteiger partial charge in [-0.1, -0.05) is 19.1 Å². The lowest BCUT2D eigenvalue weighted by atomic mass is 9.94. The van der Waals surface area contributed by atoms with Gasteiger partial charge in [-0.3, -0.25) is 4.79 Å². The average Bonchev–Trinajstić information content (AvgIpc) is 2.49. The summed E-state index contributed by atoms with van der Waals surface area (Å²) >= 11 is 0. The molecule has 0 radical (unpaired) electrons. The van der Waals surface area contributed by atoms with Gasteiger partial charge in [0, 0.05) is 12.6 Å². The van der Waals surface area contributed by atoms with Crippen LogP contribution in [0.5, 0.6) is 0 Å². The summed E-state index contributed by atoms with van der Waals surface area (Å²) in [5.74, 6) is 0.285. The lowest BCUT2D eigenvalue weighted by Crippen LogP contribution is -2.45. The first-order chi connectivity index (χ1) is 10.2. The molecule has 1 aromatic carbocycles. The molecule has 22 heavy (non-hydrogen) atoms. The van der Waals surface area contributed by atoms with E-state index in [1.807, 2.05) is 11.8 Å². The van der Waals surface area contributed by atoms with Crippen molar-refractivity contribution in [2.24, 2.45) is 5.92 Å². The van der Waals surface area contributed by atoms with Crippen molar-refractivity contribution in [2.45, 2.75) is 56.7 Å². The van der Waals surface area contributed by atoms with Gasteiger partial charge < -0.3 is 4.90 Å². The molecule has 0 saturated carbocycles. The Morgan fingerprint density at radius 2 is 1.82 bits per heavy atom. The standard InChI is InChI=1S/C17H25NO3S/c1-12(2)22(20,21)16-8-6-5-7-15(16)17(19)18-11-13(3)9-10-14(18)4/h5-8,12-14H,9-11H2,1-4H3/t13-,14-/m0/s1. The first kappa shape index (κ1) is 17.0. The van der Waals surface area contributed by atoms with Crippen molar-refractivity contribution < 1.29 is 13.2 Å². The van der Waals surface area contributed by atoms with Crippen molar-refractivity contribution >= 4 is 15.7 Å². The molecule has 5 heteroatoms. The monoisotopic (exact) mass is 323 g/mol. The Bertz CT molecular complexity index is 652. The van der Waals surface area contributed by atoms with Crippen molar-refractivity contribution in [2.75, 3.05) is 6.54 Å². The fraction of sp³-hybridized carbons (Fsp3) is 0.588. The van der Waals surface area contributed by atoms with Crippen LogP contribution in [0.1, 0.15) is 50.9 Å². The third kappa shape index (κ3) is 3.19. The van der Waals surface area contributed by atoms with Gasteiger partial charge in [-0.15, -0.1) is 0 Å². The van der Waals surface area contributed by atoms with E-state index in [1.165, 1.54) is 0 Å². The Morgan fingerprint density at radius 3 is 2.45 bits per heavy atom. The summed E-state index contributed by atoms with van der Waals surface area (Å²) in [6.45, 7) is 8.13. The van der Waals surface area contributed by atoms with Gasteiger partial charge in [-0.25, -0.2) is 8.42 Å². The van der Waals surface area contributed by atoms with Crippen molar-refractivity contribution in [3.63, 3.8) is 0 Å². The zero-order valence-electron chi connectivity index (χ0n) is 13.7. The summed E-state index contributed by atoms with van der Waals surface area (Å²) in [4.78, 5) is 14.9. The molecule has 1 aliphatic heterocycles. The van der Waals surface area contributed by atoms with E-state index in [9.17, 15) is 13.2 Å². The molecule has 1 fully saturated rings. The smallest absolute Gasteiger partial charge is 0.255 e. The molecule has 0 N–H and O–H groups in total. The number of amides is 1. The highest BCUT2D eigenvalue weighted by atomic mass is 32.2. The third-order valence-corrected chi connectivity index (χ3v) is 6.63. The highest BCUT2D eigenvalue weighted by molar-refractivity contribution is 7.92. The SMILES string of the molecule is CC(C)S(=O)(=O)c1ccccc1C(=O)N1C[C@@H](C)CC[C@@H]1C. The molecule has 1 amide bonds. The zero-order valence-corrected chi connectivity index (χ0v) is 14.6. The maximum absolute atomic E-state index is 12.9. The van der Waals surface area contributed by atoms with Crippen LogP contribution in [0.15, 0.2) is 29.2 Å². The van der Waals surface area contributed by atoms with Crippen LogP contribution in [0.25, 0.3) is 0 Å². The normalized spacial score (nSPS) is 22.9. The van der Waals surface area contributed by atoms with Crippen LogP contribution < -0.4 is 0 Å². The van der Waals surface area contributed by atoms with Gasteiger partial charge in [-0.05, 0) is 51.7 Å². The molecule has 2 rings (SSSR count). The summed E-state index contributed by atoms with van der Waals surface area (Å²) < 4.78 is 25.0. The number of hydrogen-bond donors (Lipinski definition) is 0. The fourth-order valence-electron chi connectivity index (χ4n) is 2.87. The Morgan fingerprint density at radius 1 is 1.18 bits per heavy atom. The number of rotatable bonds is 3. The topological polar surface area (TPSA) is 54.5 Å². The number of nitrogens with zero attached hydrogens (tertiary/aromatic N) is 1. The van der Waals surface area contributed by atoms with Crippen LogP contribution in [0, 0.1) is 5.92 Å². The minimum Gasteiger partial charge on any atom is -0.336 e. The molecule has 0 spiro atoms. The van der Waals surface area contributed by atoms with Gasteiger partial charge in [0.25, 0.3) is 5.91 Å². The largest absolute Gasteiger partial charge is 0.336 e. The molecular weight excluding hydrogens is 298 g/mol. The molecule has 0 aliphatic carbocycles. The summed E-state index contributed by atoms with van der Waals surface area (Å²) in [6.07, 6.45) is 2.07. The van der Waals surface area contributed by atoms with Gasteiger partial charge in [0.05, 0.1) is 15.7 Å². The molecule has 1 saturated heterocycles. The second kappa shape index (κ2) is 6.41. The van der Waals surface area contributed by atoms with Gasteiger partial charge in [-0.2, -0.15) is 0 Å². The maximum Gasteiger partial charge on any atom is 0.255 e. The summed E-state index contributed by atoms with van der Waals surface area (Å²) in [7, 11) is -3.47. The molecule has 2 atom stereocenters. The lowest BCUT2D eigenvalue weighted by Gasteiger charge is -2.37. The van der Waals surface area contributed by atoms with Crippen molar-refractivity contribution in [3.8, 4) is 0 Å². The van der Waals surface area contributed by atoms with Gasteiger partial charge in [0.15, 0.2) is 9.84 Å². The van der Waals surface area contributed by atoms with Crippen LogP contribution in [0.4, 0.5) is 0 Å². The molecule has 4 nitrogen and oxygen atoms in total. The van der Waals surface area contributed by atoms with Gasteiger partial charge >= 0.3 is 0 Å². The van der Waals surface area contributed by atoms with Crippen LogP contribution in [-0.4, -0.2) is 37.1 Å². The summed E-state index contributed by atoms with van der Waals surface area (Å²) in [5.41, 5.74) is 0.303. The first-order valence-electron chi connectivity index (χ1n) is 7.89. The molecule has 1 aliphatic rings. The second-order valence-electron chi connectivity index (χ2n) is 6.58. The van der Waals surface area contributed by atoms with E-state index in [0.717, 1.165) is 12.8 Å². The predicted molar refractivity (Wildman–Crippen MR) is 87.7 cm³/mol.